The van der Waals surface area contributed by atoms with E-state index in [4.69, 9.17) is 10.5 Å². The molecule has 104 valence electrons. The zero-order chi connectivity index (χ0) is 14.5. The van der Waals surface area contributed by atoms with Crippen molar-refractivity contribution in [3.8, 4) is 16.2 Å². The lowest BCUT2D eigenvalue weighted by Gasteiger charge is -2.21. The first-order chi connectivity index (χ1) is 9.38. The van der Waals surface area contributed by atoms with Crippen molar-refractivity contribution in [2.75, 3.05) is 0 Å². The highest BCUT2D eigenvalue weighted by Crippen LogP contribution is 2.48. The normalized spacial score (nSPS) is 13.3. The Morgan fingerprint density at radius 2 is 2.10 bits per heavy atom. The molecule has 1 aromatic carbocycles. The van der Waals surface area contributed by atoms with Crippen LogP contribution >= 0.6 is 11.3 Å². The van der Waals surface area contributed by atoms with Gasteiger partial charge in [-0.2, -0.15) is 13.2 Å². The quantitative estimate of drug-likeness (QED) is 0.877. The van der Waals surface area contributed by atoms with Crippen molar-refractivity contribution in [1.82, 2.24) is 0 Å². The van der Waals surface area contributed by atoms with E-state index in [1.54, 1.807) is 0 Å². The Balaban J connectivity index is 2.27. The second-order valence-electron chi connectivity index (χ2n) is 4.29. The fourth-order valence-electron chi connectivity index (χ4n) is 2.15. The predicted octanol–water partition coefficient (Wildman–Crippen LogP) is 3.43. The lowest BCUT2D eigenvalue weighted by atomic mass is 10.00. The van der Waals surface area contributed by atoms with Gasteiger partial charge in [-0.1, -0.05) is 6.07 Å². The molecule has 2 N–H and O–H groups in total. The van der Waals surface area contributed by atoms with E-state index in [1.807, 2.05) is 0 Å². The molecule has 0 aliphatic carbocycles. The van der Waals surface area contributed by atoms with Crippen molar-refractivity contribution in [1.29, 1.82) is 0 Å². The van der Waals surface area contributed by atoms with Crippen LogP contribution in [0.15, 0.2) is 24.3 Å². The highest BCUT2D eigenvalue weighted by atomic mass is 32.1. The molecule has 1 aromatic heterocycles. The first kappa shape index (κ1) is 13.0. The molecule has 0 saturated heterocycles. The van der Waals surface area contributed by atoms with E-state index in [-0.39, 0.29) is 22.8 Å². The number of amides is 1. The summed E-state index contributed by atoms with van der Waals surface area (Å²) in [6, 6.07) is 5.27. The van der Waals surface area contributed by atoms with Gasteiger partial charge in [0.15, 0.2) is 0 Å². The number of nitrogens with two attached hydrogens (primary N) is 1. The zero-order valence-electron chi connectivity index (χ0n) is 9.95. The highest BCUT2D eigenvalue weighted by Gasteiger charge is 2.37. The average Bonchev–Trinajstić information content (AvgIpc) is 2.81. The maximum atomic E-state index is 13.1. The highest BCUT2D eigenvalue weighted by molar-refractivity contribution is 7.17. The maximum absolute atomic E-state index is 13.1. The number of benzene rings is 1. The van der Waals surface area contributed by atoms with Gasteiger partial charge in [0, 0.05) is 16.0 Å². The number of halogens is 3. The van der Waals surface area contributed by atoms with E-state index in [0.717, 1.165) is 17.4 Å². The Morgan fingerprint density at radius 3 is 2.75 bits per heavy atom. The Hall–Kier alpha value is -2.02. The van der Waals surface area contributed by atoms with E-state index in [9.17, 15) is 18.0 Å². The standard InChI is InChI=1S/C13H8F3NO2S/c14-13(15,16)7-2-1-3-8-10(7)11-6(5-19-8)4-9(20-11)12(17)18/h1-4H,5H2,(H2,17,18). The number of thiophene rings is 1. The second-order valence-corrected chi connectivity index (χ2v) is 5.35. The minimum atomic E-state index is -4.49. The smallest absolute Gasteiger partial charge is 0.417 e. The average molecular weight is 299 g/mol. The van der Waals surface area contributed by atoms with Gasteiger partial charge in [-0.3, -0.25) is 4.79 Å². The van der Waals surface area contributed by atoms with Crippen LogP contribution in [0.4, 0.5) is 13.2 Å². The van der Waals surface area contributed by atoms with Crippen LogP contribution < -0.4 is 10.5 Å². The van der Waals surface area contributed by atoms with Crippen molar-refractivity contribution in [2.24, 2.45) is 5.73 Å². The minimum Gasteiger partial charge on any atom is -0.488 e. The lowest BCUT2D eigenvalue weighted by Crippen LogP contribution is -2.11. The molecule has 2 heterocycles. The summed E-state index contributed by atoms with van der Waals surface area (Å²) < 4.78 is 44.6. The number of hydrogen-bond acceptors (Lipinski definition) is 3. The van der Waals surface area contributed by atoms with Crippen LogP contribution in [0.3, 0.4) is 0 Å². The van der Waals surface area contributed by atoms with Crippen LogP contribution in [0.1, 0.15) is 20.8 Å². The Kier molecular flexibility index (Phi) is 2.75. The lowest BCUT2D eigenvalue weighted by molar-refractivity contribution is -0.137. The zero-order valence-corrected chi connectivity index (χ0v) is 10.8. The number of primary amides is 1. The van der Waals surface area contributed by atoms with Crippen LogP contribution in [0.2, 0.25) is 0 Å². The van der Waals surface area contributed by atoms with Gasteiger partial charge in [0.1, 0.15) is 12.4 Å². The molecular weight excluding hydrogens is 291 g/mol. The maximum Gasteiger partial charge on any atom is 0.417 e. The van der Waals surface area contributed by atoms with E-state index in [2.05, 4.69) is 0 Å². The summed E-state index contributed by atoms with van der Waals surface area (Å²) in [5, 5.41) is 0. The van der Waals surface area contributed by atoms with Gasteiger partial charge in [0.05, 0.1) is 10.4 Å². The van der Waals surface area contributed by atoms with Crippen molar-refractivity contribution < 1.29 is 22.7 Å². The summed E-state index contributed by atoms with van der Waals surface area (Å²) in [5.41, 5.74) is 4.94. The van der Waals surface area contributed by atoms with Crippen LogP contribution in [0, 0.1) is 0 Å². The van der Waals surface area contributed by atoms with Crippen LogP contribution in [-0.4, -0.2) is 5.91 Å². The van der Waals surface area contributed by atoms with Gasteiger partial charge in [-0.05, 0) is 18.2 Å². The van der Waals surface area contributed by atoms with Gasteiger partial charge in [0.25, 0.3) is 5.91 Å². The number of rotatable bonds is 1. The molecule has 20 heavy (non-hydrogen) atoms. The summed E-state index contributed by atoms with van der Waals surface area (Å²) in [5.74, 6) is -0.486. The topological polar surface area (TPSA) is 52.3 Å². The number of fused-ring (bicyclic) bond motifs is 3. The molecule has 0 bridgehead atoms. The molecule has 0 spiro atoms. The third-order valence-corrected chi connectivity index (χ3v) is 4.20. The number of alkyl halides is 3. The number of carbonyl (C=O) groups excluding carboxylic acids is 1. The molecule has 1 amide bonds. The van der Waals surface area contributed by atoms with E-state index in [0.29, 0.717) is 10.4 Å². The third-order valence-electron chi connectivity index (χ3n) is 2.99. The first-order valence-electron chi connectivity index (χ1n) is 5.64. The molecule has 0 atom stereocenters. The van der Waals surface area contributed by atoms with Crippen LogP contribution in [-0.2, 0) is 12.8 Å². The molecule has 0 fully saturated rings. The Morgan fingerprint density at radius 1 is 1.35 bits per heavy atom. The molecule has 0 radical (unpaired) electrons. The first-order valence-corrected chi connectivity index (χ1v) is 6.45. The Labute approximate surface area is 115 Å². The minimum absolute atomic E-state index is 0.0150. The molecule has 3 rings (SSSR count). The molecule has 0 unspecified atom stereocenters. The SMILES string of the molecule is NC(=O)c1cc2c(s1)-c1c(cccc1C(F)(F)F)OC2. The molecule has 2 aromatic rings. The number of hydrogen-bond donors (Lipinski definition) is 1. The van der Waals surface area contributed by atoms with Crippen molar-refractivity contribution in [3.05, 3.63) is 40.3 Å². The van der Waals surface area contributed by atoms with Gasteiger partial charge < -0.3 is 10.5 Å². The van der Waals surface area contributed by atoms with E-state index in [1.165, 1.54) is 18.2 Å². The molecule has 1 aliphatic heterocycles. The van der Waals surface area contributed by atoms with Crippen molar-refractivity contribution in [2.45, 2.75) is 12.8 Å². The molecule has 1 aliphatic rings. The Bertz CT molecular complexity index is 706. The van der Waals surface area contributed by atoms with Crippen molar-refractivity contribution in [3.63, 3.8) is 0 Å². The van der Waals surface area contributed by atoms with Crippen LogP contribution in [0.5, 0.6) is 5.75 Å². The van der Waals surface area contributed by atoms with Gasteiger partial charge >= 0.3 is 6.18 Å². The predicted molar refractivity (Wildman–Crippen MR) is 67.6 cm³/mol. The number of carbonyl (C=O) groups is 1. The molecular formula is C13H8F3NO2S. The molecule has 3 nitrogen and oxygen atoms in total. The van der Waals surface area contributed by atoms with Gasteiger partial charge in [-0.15, -0.1) is 11.3 Å². The van der Waals surface area contributed by atoms with Gasteiger partial charge in [-0.25, -0.2) is 0 Å². The van der Waals surface area contributed by atoms with E-state index >= 15 is 0 Å². The summed E-state index contributed by atoms with van der Waals surface area (Å²) in [6.07, 6.45) is -4.49. The fourth-order valence-corrected chi connectivity index (χ4v) is 3.23. The summed E-state index contributed by atoms with van der Waals surface area (Å²) in [4.78, 5) is 11.8. The summed E-state index contributed by atoms with van der Waals surface area (Å²) in [6.45, 7) is 0.132. The fraction of sp³-hybridized carbons (Fsp3) is 0.154. The number of ether oxygens (including phenoxy) is 1. The molecule has 7 heteroatoms. The molecule has 0 saturated carbocycles. The van der Waals surface area contributed by atoms with Crippen LogP contribution in [0.25, 0.3) is 10.4 Å². The third kappa shape index (κ3) is 1.94. The summed E-state index contributed by atoms with van der Waals surface area (Å²) in [7, 11) is 0. The van der Waals surface area contributed by atoms with Gasteiger partial charge in [0.2, 0.25) is 0 Å². The van der Waals surface area contributed by atoms with E-state index < -0.39 is 17.6 Å². The monoisotopic (exact) mass is 299 g/mol. The summed E-state index contributed by atoms with van der Waals surface area (Å²) >= 11 is 0.962. The largest absolute Gasteiger partial charge is 0.488 e. The second kappa shape index (κ2) is 4.24. The van der Waals surface area contributed by atoms with Crippen molar-refractivity contribution >= 4 is 17.2 Å².